The highest BCUT2D eigenvalue weighted by Crippen LogP contribution is 2.31. The van der Waals surface area contributed by atoms with Crippen LogP contribution in [0.1, 0.15) is 6.42 Å². The van der Waals surface area contributed by atoms with Gasteiger partial charge in [-0.3, -0.25) is 9.11 Å². The molecule has 0 radical (unpaired) electrons. The van der Waals surface area contributed by atoms with Crippen molar-refractivity contribution in [1.29, 1.82) is 0 Å². The van der Waals surface area contributed by atoms with Crippen LogP contribution in [0.4, 0.5) is 0 Å². The third-order valence-corrected chi connectivity index (χ3v) is 6.48. The van der Waals surface area contributed by atoms with Crippen molar-refractivity contribution in [2.45, 2.75) is 98.2 Å². The maximum atomic E-state index is 10.9. The first-order chi connectivity index (χ1) is 17.5. The minimum Gasteiger partial charge on any atom is -0.394 e. The average Bonchev–Trinajstić information content (AvgIpc) is 2.83. The molecule has 38 heavy (non-hydrogen) atoms. The normalized spacial score (nSPS) is 48.2. The number of ether oxygens (including phenoxy) is 4. The minimum atomic E-state index is -4.67. The number of hydrogen-bond donors (Lipinski definition) is 13. The molecule has 0 aromatic carbocycles. The van der Waals surface area contributed by atoms with Crippen molar-refractivity contribution < 1.29 is 72.2 Å². The zero-order chi connectivity index (χ0) is 29.1. The summed E-state index contributed by atoms with van der Waals surface area (Å²) in [6.45, 7) is -0.763. The van der Waals surface area contributed by atoms with Crippen LogP contribution in [-0.2, 0) is 29.3 Å². The van der Waals surface area contributed by atoms with Crippen molar-refractivity contribution >= 4 is 10.4 Å². The molecule has 19 nitrogen and oxygen atoms in total. The molecule has 2 heterocycles. The molecule has 15 atom stereocenters. The van der Waals surface area contributed by atoms with Gasteiger partial charge in [0, 0.05) is 18.6 Å². The third-order valence-electron chi connectivity index (χ3n) is 6.48. The van der Waals surface area contributed by atoms with Gasteiger partial charge in [0.15, 0.2) is 12.6 Å². The molecule has 0 aromatic heterocycles. The van der Waals surface area contributed by atoms with Gasteiger partial charge >= 0.3 is 10.4 Å². The summed E-state index contributed by atoms with van der Waals surface area (Å²) >= 11 is 0. The van der Waals surface area contributed by atoms with Crippen molar-refractivity contribution in [3.63, 3.8) is 0 Å². The van der Waals surface area contributed by atoms with Gasteiger partial charge in [0.05, 0.1) is 12.6 Å². The summed E-state index contributed by atoms with van der Waals surface area (Å²) in [6, 6.07) is -2.86. The first-order valence-corrected chi connectivity index (χ1v) is 12.9. The molecule has 0 spiro atoms. The highest BCUT2D eigenvalue weighted by molar-refractivity contribution is 7.79. The van der Waals surface area contributed by atoms with Gasteiger partial charge in [-0.05, 0) is 6.42 Å². The van der Waals surface area contributed by atoms with E-state index < -0.39 is 109 Å². The van der Waals surface area contributed by atoms with E-state index in [1.54, 1.807) is 0 Å². The van der Waals surface area contributed by atoms with Gasteiger partial charge in [0.1, 0.15) is 61.0 Å². The quantitative estimate of drug-likeness (QED) is 0.129. The minimum absolute atomic E-state index is 0.0849. The fourth-order valence-corrected chi connectivity index (χ4v) is 4.40. The first kappa shape index (κ1) is 33.5. The summed E-state index contributed by atoms with van der Waals surface area (Å²) in [5.74, 6) is 0. The molecule has 17 N–H and O–H groups in total. The molecule has 226 valence electrons. The van der Waals surface area contributed by atoms with E-state index in [1.165, 1.54) is 0 Å². The number of nitrogens with two attached hydrogens (primary N) is 4. The summed E-state index contributed by atoms with van der Waals surface area (Å²) < 4.78 is 53.8. The largest absolute Gasteiger partial charge is 0.394 e. The van der Waals surface area contributed by atoms with Crippen LogP contribution in [-0.4, -0.2) is 158 Å². The Morgan fingerprint density at radius 1 is 0.711 bits per heavy atom. The first-order valence-electron chi connectivity index (χ1n) is 11.5. The van der Waals surface area contributed by atoms with E-state index >= 15 is 0 Å². The van der Waals surface area contributed by atoms with E-state index in [1.807, 2.05) is 0 Å². The number of aliphatic hydroxyl groups is 7. The third kappa shape index (κ3) is 8.15. The second-order valence-electron chi connectivity index (χ2n) is 9.24. The van der Waals surface area contributed by atoms with Gasteiger partial charge < -0.3 is 77.6 Å². The average molecular weight is 583 g/mol. The van der Waals surface area contributed by atoms with Crippen LogP contribution in [0.15, 0.2) is 0 Å². The van der Waals surface area contributed by atoms with Gasteiger partial charge in [0.25, 0.3) is 0 Å². The Morgan fingerprint density at radius 3 is 1.61 bits per heavy atom. The zero-order valence-corrected chi connectivity index (χ0v) is 20.8. The lowest BCUT2D eigenvalue weighted by Gasteiger charge is -2.48. The molecule has 2 saturated heterocycles. The summed E-state index contributed by atoms with van der Waals surface area (Å²) in [5, 5.41) is 70.9. The van der Waals surface area contributed by atoms with E-state index in [4.69, 9.17) is 59.4 Å². The fourth-order valence-electron chi connectivity index (χ4n) is 4.40. The molecule has 20 heteroatoms. The van der Waals surface area contributed by atoms with E-state index in [2.05, 4.69) is 0 Å². The summed E-state index contributed by atoms with van der Waals surface area (Å²) in [7, 11) is -4.67. The van der Waals surface area contributed by atoms with Crippen LogP contribution < -0.4 is 22.9 Å². The standard InChI is InChI=1S/C18H36N4O11.H2O4S/c19-2-6-10(25)12(27)13(28)18(30-6)33-16-5(21)1-4(20)15(14(16)29)32-17-11(26)8(22)9(24)7(3-23)31-17;1-5(2,3)4/h4-18,23-29H,1-3,19-22H2;(H2,1,2,3,4)/t4-,5-,6-,7-,8+,9-,10-,11-,12+,13-,14-,15+,16-,17-,18+;/m1./s1. The maximum absolute atomic E-state index is 10.9. The maximum Gasteiger partial charge on any atom is 0.394 e. The van der Waals surface area contributed by atoms with Crippen molar-refractivity contribution in [3.8, 4) is 0 Å². The number of rotatable bonds is 6. The van der Waals surface area contributed by atoms with Gasteiger partial charge in [-0.2, -0.15) is 8.42 Å². The summed E-state index contributed by atoms with van der Waals surface area (Å²) in [4.78, 5) is 0. The van der Waals surface area contributed by atoms with Crippen LogP contribution in [0, 0.1) is 0 Å². The number of hydrogen-bond acceptors (Lipinski definition) is 17. The van der Waals surface area contributed by atoms with Crippen LogP contribution in [0.3, 0.4) is 0 Å². The molecule has 3 fully saturated rings. The monoisotopic (exact) mass is 582 g/mol. The Kier molecular flexibility index (Phi) is 12.1. The second-order valence-corrected chi connectivity index (χ2v) is 10.1. The molecule has 1 aliphatic carbocycles. The van der Waals surface area contributed by atoms with Crippen molar-refractivity contribution in [1.82, 2.24) is 0 Å². The Bertz CT molecular complexity index is 783. The SMILES string of the molecule is NC[C@H]1O[C@@H](O[C@H]2[C@H](O)[C@@H](O[C@H]3O[C@H](CO)[C@@H](O)[C@H](N)[C@H]3O)[C@H](N)C[C@H]2N)[C@H](O)[C@@H](O)[C@@H]1O.O=S(=O)(O)O. The predicted molar refractivity (Wildman–Crippen MR) is 122 cm³/mol. The van der Waals surface area contributed by atoms with Crippen LogP contribution in [0.5, 0.6) is 0 Å². The molecule has 0 unspecified atom stereocenters. The van der Waals surface area contributed by atoms with Gasteiger partial charge in [-0.25, -0.2) is 0 Å². The zero-order valence-electron chi connectivity index (χ0n) is 20.0. The molecule has 0 bridgehead atoms. The van der Waals surface area contributed by atoms with Crippen LogP contribution in [0.2, 0.25) is 0 Å². The molecule has 0 aromatic rings. The predicted octanol–water partition coefficient (Wildman–Crippen LogP) is -7.94. The Morgan fingerprint density at radius 2 is 1.16 bits per heavy atom. The smallest absolute Gasteiger partial charge is 0.394 e. The van der Waals surface area contributed by atoms with Crippen molar-refractivity contribution in [2.75, 3.05) is 13.2 Å². The lowest BCUT2D eigenvalue weighted by molar-refractivity contribution is -0.332. The molecule has 0 amide bonds. The molecule has 3 rings (SSSR count). The summed E-state index contributed by atoms with van der Waals surface area (Å²) in [6.07, 6.45) is -16.5. The van der Waals surface area contributed by atoms with Gasteiger partial charge in [0.2, 0.25) is 0 Å². The lowest BCUT2D eigenvalue weighted by Crippen LogP contribution is -2.68. The van der Waals surface area contributed by atoms with E-state index in [0.29, 0.717) is 0 Å². The second kappa shape index (κ2) is 13.8. The lowest BCUT2D eigenvalue weighted by atomic mass is 9.84. The van der Waals surface area contributed by atoms with Gasteiger partial charge in [-0.1, -0.05) is 0 Å². The van der Waals surface area contributed by atoms with Gasteiger partial charge in [-0.15, -0.1) is 0 Å². The van der Waals surface area contributed by atoms with Crippen LogP contribution in [0.25, 0.3) is 0 Å². The Labute approximate surface area is 217 Å². The fraction of sp³-hybridized carbons (Fsp3) is 1.00. The summed E-state index contributed by atoms with van der Waals surface area (Å²) in [5.41, 5.74) is 23.5. The molecular weight excluding hydrogens is 544 g/mol. The Hall–Kier alpha value is -0.730. The van der Waals surface area contributed by atoms with E-state index in [9.17, 15) is 35.7 Å². The molecule has 1 saturated carbocycles. The highest BCUT2D eigenvalue weighted by Gasteiger charge is 2.51. The highest BCUT2D eigenvalue weighted by atomic mass is 32.3. The van der Waals surface area contributed by atoms with E-state index in [0.717, 1.165) is 0 Å². The van der Waals surface area contributed by atoms with E-state index in [-0.39, 0.29) is 13.0 Å². The number of aliphatic hydroxyl groups excluding tert-OH is 7. The molecule has 3 aliphatic rings. The van der Waals surface area contributed by atoms with Crippen molar-refractivity contribution in [3.05, 3.63) is 0 Å². The molecular formula is C18H38N4O15S. The van der Waals surface area contributed by atoms with Crippen LogP contribution >= 0.6 is 0 Å². The Balaban J connectivity index is 0.000000926. The van der Waals surface area contributed by atoms with Crippen molar-refractivity contribution in [2.24, 2.45) is 22.9 Å². The molecule has 2 aliphatic heterocycles. The topological polar surface area (TPSA) is 357 Å².